The topological polar surface area (TPSA) is 68.4 Å². The summed E-state index contributed by atoms with van der Waals surface area (Å²) in [6.07, 6.45) is 0. The average molecular weight is 491 g/mol. The van der Waals surface area contributed by atoms with Crippen molar-refractivity contribution in [3.05, 3.63) is 83.2 Å². The molecule has 4 aromatic rings. The van der Waals surface area contributed by atoms with Crippen LogP contribution in [0.2, 0.25) is 0 Å². The highest BCUT2D eigenvalue weighted by molar-refractivity contribution is 7.98. The number of aromatic nitrogens is 2. The van der Waals surface area contributed by atoms with Crippen LogP contribution in [0.1, 0.15) is 50.2 Å². The average Bonchev–Trinajstić information content (AvgIpc) is 3.27. The van der Waals surface area contributed by atoms with Crippen LogP contribution in [0.4, 0.5) is 0 Å². The summed E-state index contributed by atoms with van der Waals surface area (Å²) in [6, 6.07) is 19.7. The number of nitrogens with zero attached hydrogens (tertiary/aromatic N) is 2. The Balaban J connectivity index is 0.00000167. The van der Waals surface area contributed by atoms with E-state index >= 15 is 0 Å². The van der Waals surface area contributed by atoms with E-state index in [1.807, 2.05) is 82.3 Å². The molecule has 2 aromatic carbocycles. The first-order chi connectivity index (χ1) is 16.7. The van der Waals surface area contributed by atoms with Gasteiger partial charge in [0.15, 0.2) is 5.16 Å². The lowest BCUT2D eigenvalue weighted by atomic mass is 9.96. The van der Waals surface area contributed by atoms with Crippen LogP contribution in [-0.4, -0.2) is 22.2 Å². The second-order valence-corrected chi connectivity index (χ2v) is 9.50. The van der Waals surface area contributed by atoms with Gasteiger partial charge < -0.3 is 14.3 Å². The molecule has 0 fully saturated rings. The van der Waals surface area contributed by atoms with Crippen LogP contribution in [-0.2, 0) is 11.4 Å². The van der Waals surface area contributed by atoms with Gasteiger partial charge in [0.2, 0.25) is 0 Å². The van der Waals surface area contributed by atoms with Gasteiger partial charge in [0.05, 0.1) is 12.7 Å². The Bertz CT molecular complexity index is 1240. The van der Waals surface area contributed by atoms with E-state index in [4.69, 9.17) is 9.15 Å². The summed E-state index contributed by atoms with van der Waals surface area (Å²) in [7, 11) is 1.66. The summed E-state index contributed by atoms with van der Waals surface area (Å²) in [5.41, 5.74) is 4.82. The Morgan fingerprint density at radius 1 is 0.914 bits per heavy atom. The Morgan fingerprint density at radius 3 is 2.17 bits per heavy atom. The number of aliphatic hydroxyl groups is 1. The van der Waals surface area contributed by atoms with Crippen LogP contribution < -0.4 is 4.74 Å². The fraction of sp³-hybridized carbons (Fsp3) is 0.310. The van der Waals surface area contributed by atoms with E-state index in [0.717, 1.165) is 56.1 Å². The van der Waals surface area contributed by atoms with Crippen LogP contribution in [0.15, 0.2) is 70.2 Å². The minimum atomic E-state index is -0.896. The Morgan fingerprint density at radius 2 is 1.57 bits per heavy atom. The Hall–Kier alpha value is -3.09. The highest BCUT2D eigenvalue weighted by atomic mass is 32.2. The van der Waals surface area contributed by atoms with Crippen molar-refractivity contribution in [2.75, 3.05) is 7.11 Å². The first-order valence-corrected chi connectivity index (χ1v) is 12.8. The van der Waals surface area contributed by atoms with Crippen molar-refractivity contribution in [2.24, 2.45) is 0 Å². The number of ether oxygens (including phenoxy) is 1. The van der Waals surface area contributed by atoms with Gasteiger partial charge in [-0.3, -0.25) is 0 Å². The number of methoxy groups -OCH3 is 1. The predicted octanol–water partition coefficient (Wildman–Crippen LogP) is 7.57. The molecule has 2 heterocycles. The van der Waals surface area contributed by atoms with Crippen LogP contribution in [0, 0.1) is 13.8 Å². The van der Waals surface area contributed by atoms with Gasteiger partial charge in [-0.15, -0.1) is 0 Å². The molecule has 184 valence electrons. The summed E-state index contributed by atoms with van der Waals surface area (Å²) in [6.45, 7) is 11.5. The third kappa shape index (κ3) is 6.74. The van der Waals surface area contributed by atoms with Crippen molar-refractivity contribution in [3.8, 4) is 28.4 Å². The number of rotatable bonds is 7. The van der Waals surface area contributed by atoms with E-state index in [9.17, 15) is 5.11 Å². The number of hydrogen-bond donors (Lipinski definition) is 1. The van der Waals surface area contributed by atoms with E-state index in [1.165, 1.54) is 0 Å². The number of hydrogen-bond acceptors (Lipinski definition) is 6. The van der Waals surface area contributed by atoms with Gasteiger partial charge in [-0.1, -0.05) is 62.0 Å². The molecule has 2 aromatic heterocycles. The van der Waals surface area contributed by atoms with E-state index in [1.54, 1.807) is 32.7 Å². The van der Waals surface area contributed by atoms with Gasteiger partial charge in [-0.25, -0.2) is 9.97 Å². The zero-order valence-corrected chi connectivity index (χ0v) is 22.4. The van der Waals surface area contributed by atoms with Gasteiger partial charge >= 0.3 is 0 Å². The first-order valence-electron chi connectivity index (χ1n) is 11.8. The highest BCUT2D eigenvalue weighted by Crippen LogP contribution is 2.37. The lowest BCUT2D eigenvalue weighted by Crippen LogP contribution is -2.14. The van der Waals surface area contributed by atoms with Crippen LogP contribution in [0.5, 0.6) is 5.75 Å². The molecular weight excluding hydrogens is 456 g/mol. The van der Waals surface area contributed by atoms with Gasteiger partial charge in [-0.2, -0.15) is 0 Å². The maximum Gasteiger partial charge on any atom is 0.188 e. The van der Waals surface area contributed by atoms with Crippen LogP contribution in [0.3, 0.4) is 0 Å². The smallest absolute Gasteiger partial charge is 0.188 e. The highest BCUT2D eigenvalue weighted by Gasteiger charge is 2.19. The Kier molecular flexibility index (Phi) is 8.76. The van der Waals surface area contributed by atoms with Crippen molar-refractivity contribution in [1.29, 1.82) is 0 Å². The zero-order chi connectivity index (χ0) is 25.6. The van der Waals surface area contributed by atoms with Crippen molar-refractivity contribution >= 4 is 11.8 Å². The number of thioether (sulfide) groups is 1. The second-order valence-electron chi connectivity index (χ2n) is 8.56. The molecular formula is C29H34N2O3S. The summed E-state index contributed by atoms with van der Waals surface area (Å²) in [5, 5.41) is 11.1. The molecule has 0 amide bonds. The maximum atomic E-state index is 10.3. The molecule has 0 spiro atoms. The molecule has 35 heavy (non-hydrogen) atoms. The fourth-order valence-electron chi connectivity index (χ4n) is 3.63. The molecule has 0 radical (unpaired) electrons. The first kappa shape index (κ1) is 26.5. The lowest BCUT2D eigenvalue weighted by molar-refractivity contribution is 0.0786. The SMILES string of the molecule is CC.COc1cccc(-c2cc(CSc3nc(C)cc(C)n3)c(-c3ccc(C(C)(C)O)cc3)o2)c1. The van der Waals surface area contributed by atoms with Gasteiger partial charge in [0, 0.05) is 33.8 Å². The lowest BCUT2D eigenvalue weighted by Gasteiger charge is -2.17. The summed E-state index contributed by atoms with van der Waals surface area (Å²) < 4.78 is 11.8. The molecule has 0 saturated heterocycles. The number of furan rings is 1. The number of benzene rings is 2. The van der Waals surface area contributed by atoms with Crippen LogP contribution in [0.25, 0.3) is 22.6 Å². The molecule has 0 saturated carbocycles. The minimum absolute atomic E-state index is 0.666. The third-order valence-corrected chi connectivity index (χ3v) is 6.23. The van der Waals surface area contributed by atoms with Crippen LogP contribution >= 0.6 is 11.8 Å². The molecule has 6 heteroatoms. The summed E-state index contributed by atoms with van der Waals surface area (Å²) >= 11 is 1.59. The van der Waals surface area contributed by atoms with Gasteiger partial charge in [-0.05, 0) is 57.5 Å². The van der Waals surface area contributed by atoms with Gasteiger partial charge in [0.25, 0.3) is 0 Å². The molecule has 5 nitrogen and oxygen atoms in total. The van der Waals surface area contributed by atoms with Gasteiger partial charge in [0.1, 0.15) is 17.3 Å². The van der Waals surface area contributed by atoms with Crippen molar-refractivity contribution in [3.63, 3.8) is 0 Å². The van der Waals surface area contributed by atoms with Crippen molar-refractivity contribution in [2.45, 2.75) is 58.1 Å². The largest absolute Gasteiger partial charge is 0.497 e. The molecule has 4 rings (SSSR count). The zero-order valence-electron chi connectivity index (χ0n) is 21.5. The standard InChI is InChI=1S/C27H28N2O3S.C2H6/c1-17-13-18(2)29-26(28-17)33-16-21-15-24(20-7-6-8-23(14-20)31-5)32-25(21)19-9-11-22(12-10-19)27(3,4)30;1-2/h6-15,30H,16H2,1-5H3;1-2H3. The van der Waals surface area contributed by atoms with Crippen molar-refractivity contribution in [1.82, 2.24) is 9.97 Å². The molecule has 0 aliphatic heterocycles. The number of aryl methyl sites for hydroxylation is 2. The normalized spacial score (nSPS) is 11.1. The Labute approximate surface area is 212 Å². The third-order valence-electron chi connectivity index (χ3n) is 5.34. The molecule has 1 N–H and O–H groups in total. The fourth-order valence-corrected chi connectivity index (χ4v) is 4.54. The summed E-state index contributed by atoms with van der Waals surface area (Å²) in [4.78, 5) is 9.11. The second kappa shape index (κ2) is 11.6. The van der Waals surface area contributed by atoms with E-state index < -0.39 is 5.60 Å². The molecule has 0 aliphatic carbocycles. The quantitative estimate of drug-likeness (QED) is 0.213. The molecule has 0 aliphatic rings. The monoisotopic (exact) mass is 490 g/mol. The van der Waals surface area contributed by atoms with E-state index in [0.29, 0.717) is 5.75 Å². The van der Waals surface area contributed by atoms with E-state index in [-0.39, 0.29) is 0 Å². The van der Waals surface area contributed by atoms with E-state index in [2.05, 4.69) is 16.0 Å². The molecule has 0 bridgehead atoms. The van der Waals surface area contributed by atoms with Crippen molar-refractivity contribution < 1.29 is 14.3 Å². The maximum absolute atomic E-state index is 10.3. The molecule has 0 atom stereocenters. The predicted molar refractivity (Wildman–Crippen MR) is 144 cm³/mol. The molecule has 0 unspecified atom stereocenters. The minimum Gasteiger partial charge on any atom is -0.497 e. The summed E-state index contributed by atoms with van der Waals surface area (Å²) in [5.74, 6) is 3.01.